The third-order valence-corrected chi connectivity index (χ3v) is 5.08. The smallest absolute Gasteiger partial charge is 0.263 e. The molecule has 3 aromatic rings. The van der Waals surface area contributed by atoms with E-state index in [1.54, 1.807) is 0 Å². The maximum atomic E-state index is 12.5. The Morgan fingerprint density at radius 1 is 1.46 bits per heavy atom. The van der Waals surface area contributed by atoms with Gasteiger partial charge in [-0.3, -0.25) is 4.79 Å². The van der Waals surface area contributed by atoms with Gasteiger partial charge in [0.1, 0.15) is 17.5 Å². The summed E-state index contributed by atoms with van der Waals surface area (Å²) < 4.78 is 5.18. The van der Waals surface area contributed by atoms with Crippen molar-refractivity contribution < 1.29 is 9.32 Å². The van der Waals surface area contributed by atoms with Crippen LogP contribution in [0.15, 0.2) is 28.4 Å². The Bertz CT molecular complexity index is 861. The molecule has 24 heavy (non-hydrogen) atoms. The van der Waals surface area contributed by atoms with Gasteiger partial charge in [0.15, 0.2) is 0 Å². The maximum Gasteiger partial charge on any atom is 0.263 e. The van der Waals surface area contributed by atoms with E-state index in [0.717, 1.165) is 35.3 Å². The van der Waals surface area contributed by atoms with Crippen LogP contribution in [0.25, 0.3) is 11.1 Å². The Morgan fingerprint density at radius 2 is 2.38 bits per heavy atom. The van der Waals surface area contributed by atoms with Crippen molar-refractivity contribution in [2.45, 2.75) is 25.8 Å². The molecule has 0 unspecified atom stereocenters. The number of amides is 1. The van der Waals surface area contributed by atoms with Gasteiger partial charge in [-0.2, -0.15) is 4.98 Å². The second kappa shape index (κ2) is 6.20. The summed E-state index contributed by atoms with van der Waals surface area (Å²) in [6.07, 6.45) is 3.42. The first-order valence-electron chi connectivity index (χ1n) is 7.88. The van der Waals surface area contributed by atoms with Crippen molar-refractivity contribution in [1.29, 1.82) is 0 Å². The zero-order chi connectivity index (χ0) is 16.5. The molecule has 1 amide bonds. The van der Waals surface area contributed by atoms with Crippen molar-refractivity contribution in [1.82, 2.24) is 20.0 Å². The van der Waals surface area contributed by atoms with Crippen LogP contribution >= 0.6 is 11.3 Å². The van der Waals surface area contributed by atoms with Crippen molar-refractivity contribution in [2.24, 2.45) is 0 Å². The molecule has 0 bridgehead atoms. The van der Waals surface area contributed by atoms with E-state index in [-0.39, 0.29) is 11.9 Å². The Labute approximate surface area is 142 Å². The van der Waals surface area contributed by atoms with E-state index in [1.165, 1.54) is 17.7 Å². The number of aryl methyl sites for hydroxylation is 1. The number of hydrogen-bond acceptors (Lipinski definition) is 7. The summed E-state index contributed by atoms with van der Waals surface area (Å²) in [5.74, 6) is 0.819. The van der Waals surface area contributed by atoms with E-state index >= 15 is 0 Å². The summed E-state index contributed by atoms with van der Waals surface area (Å²) in [6, 6.07) is 3.93. The first-order valence-corrected chi connectivity index (χ1v) is 8.76. The number of likely N-dealkylation sites (tertiary alicyclic amines) is 1. The van der Waals surface area contributed by atoms with E-state index in [9.17, 15) is 4.79 Å². The Hall–Kier alpha value is -2.48. The van der Waals surface area contributed by atoms with Gasteiger partial charge in [0.2, 0.25) is 0 Å². The van der Waals surface area contributed by atoms with Crippen LogP contribution in [0.1, 0.15) is 28.2 Å². The van der Waals surface area contributed by atoms with Crippen molar-refractivity contribution in [2.75, 3.05) is 18.4 Å². The minimum Gasteiger partial charge on any atom is -0.365 e. The number of nitrogens with zero attached hydrogens (tertiary/aromatic N) is 4. The van der Waals surface area contributed by atoms with Gasteiger partial charge in [0, 0.05) is 19.1 Å². The molecular weight excluding hydrogens is 326 g/mol. The van der Waals surface area contributed by atoms with Crippen LogP contribution in [-0.2, 0) is 0 Å². The van der Waals surface area contributed by atoms with Gasteiger partial charge < -0.3 is 14.7 Å². The average molecular weight is 343 g/mol. The van der Waals surface area contributed by atoms with Crippen molar-refractivity contribution in [3.63, 3.8) is 0 Å². The summed E-state index contributed by atoms with van der Waals surface area (Å²) in [7, 11) is 0. The number of thiophene rings is 1. The molecular formula is C16H17N5O2S. The molecule has 1 saturated heterocycles. The van der Waals surface area contributed by atoms with Gasteiger partial charge >= 0.3 is 0 Å². The normalized spacial score (nSPS) is 18.0. The summed E-state index contributed by atoms with van der Waals surface area (Å²) in [6.45, 7) is 3.32. The molecule has 1 aliphatic heterocycles. The number of fused-ring (bicyclic) bond motifs is 1. The van der Waals surface area contributed by atoms with E-state index in [2.05, 4.69) is 20.4 Å². The van der Waals surface area contributed by atoms with Gasteiger partial charge in [-0.25, -0.2) is 4.98 Å². The molecule has 1 fully saturated rings. The number of carbonyl (C=O) groups excluding carboxylic acids is 1. The van der Waals surface area contributed by atoms with Crippen LogP contribution in [-0.4, -0.2) is 45.1 Å². The minimum atomic E-state index is 0.102. The topological polar surface area (TPSA) is 84.2 Å². The van der Waals surface area contributed by atoms with Crippen molar-refractivity contribution >= 4 is 34.2 Å². The molecule has 124 valence electrons. The van der Waals surface area contributed by atoms with Gasteiger partial charge in [-0.05, 0) is 31.2 Å². The molecule has 4 rings (SSSR count). The van der Waals surface area contributed by atoms with E-state index in [0.29, 0.717) is 18.1 Å². The lowest BCUT2D eigenvalue weighted by Gasteiger charge is -2.33. The second-order valence-electron chi connectivity index (χ2n) is 5.88. The standard InChI is InChI=1S/C16H17N5O2S/c1-10-13-14(17-9-18-15(13)23-20-10)19-11-4-2-6-21(8-11)16(22)12-5-3-7-24-12/h3,5,7,9,11H,2,4,6,8H2,1H3,(H,17,18,19)/t11-/m0/s1. The fraction of sp³-hybridized carbons (Fsp3) is 0.375. The van der Waals surface area contributed by atoms with Crippen LogP contribution in [0, 0.1) is 6.92 Å². The number of anilines is 1. The molecule has 0 saturated carbocycles. The molecule has 0 spiro atoms. The Kier molecular flexibility index (Phi) is 3.89. The SMILES string of the molecule is Cc1noc2ncnc(N[C@H]3CCCN(C(=O)c4cccs4)C3)c12. The molecule has 0 aromatic carbocycles. The first-order chi connectivity index (χ1) is 11.7. The number of nitrogens with one attached hydrogen (secondary N) is 1. The van der Waals surface area contributed by atoms with E-state index < -0.39 is 0 Å². The highest BCUT2D eigenvalue weighted by atomic mass is 32.1. The molecule has 1 aliphatic rings. The summed E-state index contributed by atoms with van der Waals surface area (Å²) in [4.78, 5) is 23.7. The van der Waals surface area contributed by atoms with Crippen LogP contribution in [0.5, 0.6) is 0 Å². The number of piperidine rings is 1. The summed E-state index contributed by atoms with van der Waals surface area (Å²) >= 11 is 1.48. The number of aromatic nitrogens is 3. The monoisotopic (exact) mass is 343 g/mol. The van der Waals surface area contributed by atoms with Crippen LogP contribution in [0.3, 0.4) is 0 Å². The van der Waals surface area contributed by atoms with E-state index in [4.69, 9.17) is 4.52 Å². The number of carbonyl (C=O) groups is 1. The highest BCUT2D eigenvalue weighted by molar-refractivity contribution is 7.12. The number of hydrogen-bond donors (Lipinski definition) is 1. The average Bonchev–Trinajstić information content (AvgIpc) is 3.25. The molecule has 4 heterocycles. The molecule has 8 heteroatoms. The van der Waals surface area contributed by atoms with Crippen LogP contribution in [0.4, 0.5) is 5.82 Å². The third-order valence-electron chi connectivity index (χ3n) is 4.22. The fourth-order valence-corrected chi connectivity index (χ4v) is 3.75. The van der Waals surface area contributed by atoms with E-state index in [1.807, 2.05) is 29.3 Å². The molecule has 0 aliphatic carbocycles. The highest BCUT2D eigenvalue weighted by Gasteiger charge is 2.26. The lowest BCUT2D eigenvalue weighted by Crippen LogP contribution is -2.45. The maximum absolute atomic E-state index is 12.5. The molecule has 0 radical (unpaired) electrons. The predicted octanol–water partition coefficient (Wildman–Crippen LogP) is 2.70. The van der Waals surface area contributed by atoms with Gasteiger partial charge in [0.25, 0.3) is 11.6 Å². The second-order valence-corrected chi connectivity index (χ2v) is 6.83. The van der Waals surface area contributed by atoms with Crippen LogP contribution < -0.4 is 5.32 Å². The largest absolute Gasteiger partial charge is 0.365 e. The third kappa shape index (κ3) is 2.73. The van der Waals surface area contributed by atoms with Crippen molar-refractivity contribution in [3.05, 3.63) is 34.4 Å². The quantitative estimate of drug-likeness (QED) is 0.787. The molecule has 1 N–H and O–H groups in total. The molecule has 3 aromatic heterocycles. The summed E-state index contributed by atoms with van der Waals surface area (Å²) in [5.41, 5.74) is 1.24. The summed E-state index contributed by atoms with van der Waals surface area (Å²) in [5, 5.41) is 10.1. The lowest BCUT2D eigenvalue weighted by molar-refractivity contribution is 0.0719. The fourth-order valence-electron chi connectivity index (χ4n) is 3.06. The van der Waals surface area contributed by atoms with Gasteiger partial charge in [-0.1, -0.05) is 11.2 Å². The predicted molar refractivity (Wildman–Crippen MR) is 91.2 cm³/mol. The first kappa shape index (κ1) is 15.1. The van der Waals surface area contributed by atoms with Crippen LogP contribution in [0.2, 0.25) is 0 Å². The lowest BCUT2D eigenvalue weighted by atomic mass is 10.1. The molecule has 1 atom stereocenters. The number of rotatable bonds is 3. The van der Waals surface area contributed by atoms with Gasteiger partial charge in [-0.15, -0.1) is 11.3 Å². The minimum absolute atomic E-state index is 0.102. The van der Waals surface area contributed by atoms with Gasteiger partial charge in [0.05, 0.1) is 10.6 Å². The zero-order valence-electron chi connectivity index (χ0n) is 13.2. The Balaban J connectivity index is 1.52. The van der Waals surface area contributed by atoms with Crippen molar-refractivity contribution in [3.8, 4) is 0 Å². The Morgan fingerprint density at radius 3 is 3.21 bits per heavy atom. The highest BCUT2D eigenvalue weighted by Crippen LogP contribution is 2.25. The zero-order valence-corrected chi connectivity index (χ0v) is 14.0. The molecule has 7 nitrogen and oxygen atoms in total.